The number of hydrogen-bond acceptors (Lipinski definition) is 3. The Labute approximate surface area is 146 Å². The van der Waals surface area contributed by atoms with Gasteiger partial charge in [-0.1, -0.05) is 29.8 Å². The van der Waals surface area contributed by atoms with Crippen LogP contribution in [-0.4, -0.2) is 20.9 Å². The van der Waals surface area contributed by atoms with Crippen molar-refractivity contribution in [1.29, 1.82) is 0 Å². The van der Waals surface area contributed by atoms with E-state index in [1.165, 1.54) is 18.2 Å². The second kappa shape index (κ2) is 7.51. The van der Waals surface area contributed by atoms with Gasteiger partial charge in [-0.05, 0) is 42.8 Å². The van der Waals surface area contributed by atoms with E-state index >= 15 is 0 Å². The normalized spacial score (nSPS) is 10.9. The smallest absolute Gasteiger partial charge is 0.261 e. The third-order valence-corrected chi connectivity index (χ3v) is 5.10. The van der Waals surface area contributed by atoms with Crippen LogP contribution in [0.2, 0.25) is 5.02 Å². The van der Waals surface area contributed by atoms with Crippen molar-refractivity contribution in [2.75, 3.05) is 11.3 Å². The van der Waals surface area contributed by atoms with Crippen molar-refractivity contribution in [3.8, 4) is 0 Å². The lowest BCUT2D eigenvalue weighted by Gasteiger charge is -2.12. The molecule has 0 aliphatic carbocycles. The van der Waals surface area contributed by atoms with Gasteiger partial charge in [-0.25, -0.2) is 8.42 Å². The molecule has 0 aliphatic heterocycles. The lowest BCUT2D eigenvalue weighted by atomic mass is 10.2. The van der Waals surface area contributed by atoms with Gasteiger partial charge >= 0.3 is 0 Å². The van der Waals surface area contributed by atoms with Gasteiger partial charge in [0.25, 0.3) is 15.9 Å². The van der Waals surface area contributed by atoms with Gasteiger partial charge in [0.1, 0.15) is 0 Å². The fourth-order valence-corrected chi connectivity index (χ4v) is 3.34. The standard InChI is InChI=1S/C17H17ClN2O3S/c1-3-10-19-17(21)13-6-4-7-14(11-13)24(22,23)20-16-9-5-8-15(18)12(16)2/h3-9,11,20H,1,10H2,2H3,(H,19,21). The van der Waals surface area contributed by atoms with E-state index in [1.807, 2.05) is 0 Å². The molecule has 0 spiro atoms. The molecule has 2 aromatic rings. The molecule has 5 nitrogen and oxygen atoms in total. The van der Waals surface area contributed by atoms with Crippen molar-refractivity contribution in [3.05, 3.63) is 71.3 Å². The minimum Gasteiger partial charge on any atom is -0.349 e. The van der Waals surface area contributed by atoms with Crippen molar-refractivity contribution in [1.82, 2.24) is 5.32 Å². The van der Waals surface area contributed by atoms with E-state index in [9.17, 15) is 13.2 Å². The number of carbonyl (C=O) groups is 1. The Morgan fingerprint density at radius 3 is 2.67 bits per heavy atom. The predicted octanol–water partition coefficient (Wildman–Crippen LogP) is 3.37. The maximum atomic E-state index is 12.6. The molecular formula is C17H17ClN2O3S. The third kappa shape index (κ3) is 4.15. The molecule has 0 heterocycles. The molecule has 1 amide bonds. The molecule has 0 aliphatic rings. The van der Waals surface area contributed by atoms with Crippen LogP contribution in [0.15, 0.2) is 60.0 Å². The zero-order valence-corrected chi connectivity index (χ0v) is 14.6. The minimum absolute atomic E-state index is 0.00636. The first-order chi connectivity index (χ1) is 11.3. The fraction of sp³-hybridized carbons (Fsp3) is 0.118. The molecule has 0 unspecified atom stereocenters. The first-order valence-electron chi connectivity index (χ1n) is 7.12. The zero-order chi connectivity index (χ0) is 17.7. The predicted molar refractivity (Wildman–Crippen MR) is 96.0 cm³/mol. The molecular weight excluding hydrogens is 348 g/mol. The molecule has 0 saturated carbocycles. The van der Waals surface area contributed by atoms with Crippen LogP contribution in [0, 0.1) is 6.92 Å². The summed E-state index contributed by atoms with van der Waals surface area (Å²) < 4.78 is 27.6. The van der Waals surface area contributed by atoms with E-state index in [2.05, 4.69) is 16.6 Å². The highest BCUT2D eigenvalue weighted by Crippen LogP contribution is 2.25. The van der Waals surface area contributed by atoms with Crippen LogP contribution in [-0.2, 0) is 10.0 Å². The quantitative estimate of drug-likeness (QED) is 0.772. The number of nitrogens with one attached hydrogen (secondary N) is 2. The van der Waals surface area contributed by atoms with Crippen LogP contribution in [0.25, 0.3) is 0 Å². The number of carbonyl (C=O) groups excluding carboxylic acids is 1. The average molecular weight is 365 g/mol. The maximum Gasteiger partial charge on any atom is 0.261 e. The van der Waals surface area contributed by atoms with Gasteiger partial charge in [0.2, 0.25) is 0 Å². The average Bonchev–Trinajstić information content (AvgIpc) is 2.57. The monoisotopic (exact) mass is 364 g/mol. The van der Waals surface area contributed by atoms with Crippen LogP contribution in [0.3, 0.4) is 0 Å². The molecule has 0 atom stereocenters. The summed E-state index contributed by atoms with van der Waals surface area (Å²) in [6.45, 7) is 5.54. The first-order valence-corrected chi connectivity index (χ1v) is 8.98. The number of sulfonamides is 1. The molecule has 0 fully saturated rings. The summed E-state index contributed by atoms with van der Waals surface area (Å²) >= 11 is 6.01. The highest BCUT2D eigenvalue weighted by Gasteiger charge is 2.17. The molecule has 0 radical (unpaired) electrons. The molecule has 0 bridgehead atoms. The van der Waals surface area contributed by atoms with Gasteiger partial charge in [0.15, 0.2) is 0 Å². The Kier molecular flexibility index (Phi) is 5.64. The third-order valence-electron chi connectivity index (χ3n) is 3.33. The second-order valence-electron chi connectivity index (χ2n) is 5.04. The summed E-state index contributed by atoms with van der Waals surface area (Å²) in [4.78, 5) is 11.9. The van der Waals surface area contributed by atoms with E-state index in [0.717, 1.165) is 0 Å². The molecule has 0 saturated heterocycles. The number of amides is 1. The summed E-state index contributed by atoms with van der Waals surface area (Å²) in [5.41, 5.74) is 1.27. The van der Waals surface area contributed by atoms with Crippen LogP contribution in [0.5, 0.6) is 0 Å². The van der Waals surface area contributed by atoms with Crippen molar-refractivity contribution in [2.24, 2.45) is 0 Å². The van der Waals surface area contributed by atoms with Gasteiger partial charge in [0, 0.05) is 17.1 Å². The van der Waals surface area contributed by atoms with Gasteiger partial charge in [-0.3, -0.25) is 9.52 Å². The lowest BCUT2D eigenvalue weighted by molar-refractivity contribution is 0.0958. The van der Waals surface area contributed by atoms with Crippen molar-refractivity contribution in [2.45, 2.75) is 11.8 Å². The highest BCUT2D eigenvalue weighted by molar-refractivity contribution is 7.92. The number of hydrogen-bond donors (Lipinski definition) is 2. The van der Waals surface area contributed by atoms with Crippen LogP contribution < -0.4 is 10.0 Å². The Morgan fingerprint density at radius 2 is 1.96 bits per heavy atom. The molecule has 2 N–H and O–H groups in total. The molecule has 2 aromatic carbocycles. The van der Waals surface area contributed by atoms with E-state index in [1.54, 1.807) is 37.3 Å². The number of rotatable bonds is 6. The molecule has 7 heteroatoms. The van der Waals surface area contributed by atoms with Crippen LogP contribution in [0.4, 0.5) is 5.69 Å². The van der Waals surface area contributed by atoms with Crippen LogP contribution in [0.1, 0.15) is 15.9 Å². The Bertz CT molecular complexity index is 879. The Morgan fingerprint density at radius 1 is 1.25 bits per heavy atom. The molecule has 24 heavy (non-hydrogen) atoms. The van der Waals surface area contributed by atoms with Gasteiger partial charge < -0.3 is 5.32 Å². The van der Waals surface area contributed by atoms with Crippen molar-refractivity contribution >= 4 is 33.2 Å². The highest BCUT2D eigenvalue weighted by atomic mass is 35.5. The summed E-state index contributed by atoms with van der Waals surface area (Å²) in [5.74, 6) is -0.370. The SMILES string of the molecule is C=CCNC(=O)c1cccc(S(=O)(=O)Nc2cccc(Cl)c2C)c1. The van der Waals surface area contributed by atoms with E-state index in [-0.39, 0.29) is 16.4 Å². The van der Waals surface area contributed by atoms with Crippen molar-refractivity contribution in [3.63, 3.8) is 0 Å². The Hall–Kier alpha value is -2.31. The number of halogens is 1. The largest absolute Gasteiger partial charge is 0.349 e. The zero-order valence-electron chi connectivity index (χ0n) is 13.0. The van der Waals surface area contributed by atoms with E-state index in [4.69, 9.17) is 11.6 Å². The topological polar surface area (TPSA) is 75.3 Å². The molecule has 0 aromatic heterocycles. The summed E-state index contributed by atoms with van der Waals surface area (Å²) in [6, 6.07) is 10.8. The summed E-state index contributed by atoms with van der Waals surface area (Å²) in [7, 11) is -3.84. The summed E-state index contributed by atoms with van der Waals surface area (Å²) in [5, 5.41) is 3.07. The Balaban J connectivity index is 2.31. The second-order valence-corrected chi connectivity index (χ2v) is 7.13. The van der Waals surface area contributed by atoms with Crippen molar-refractivity contribution < 1.29 is 13.2 Å². The van der Waals surface area contributed by atoms with Crippen LogP contribution >= 0.6 is 11.6 Å². The number of benzene rings is 2. The van der Waals surface area contributed by atoms with Gasteiger partial charge in [-0.15, -0.1) is 6.58 Å². The fourth-order valence-electron chi connectivity index (χ4n) is 1.99. The van der Waals surface area contributed by atoms with Gasteiger partial charge in [0.05, 0.1) is 10.6 Å². The lowest BCUT2D eigenvalue weighted by Crippen LogP contribution is -2.23. The van der Waals surface area contributed by atoms with E-state index < -0.39 is 10.0 Å². The van der Waals surface area contributed by atoms with E-state index in [0.29, 0.717) is 22.8 Å². The molecule has 2 rings (SSSR count). The first kappa shape index (κ1) is 18.0. The van der Waals surface area contributed by atoms with Gasteiger partial charge in [-0.2, -0.15) is 0 Å². The number of anilines is 1. The molecule has 126 valence electrons. The minimum atomic E-state index is -3.84. The maximum absolute atomic E-state index is 12.6. The summed E-state index contributed by atoms with van der Waals surface area (Å²) in [6.07, 6.45) is 1.54.